The molecule has 0 aliphatic rings. The first kappa shape index (κ1) is 16.9. The largest absolute Gasteiger partial charge is 0.467 e. The summed E-state index contributed by atoms with van der Waals surface area (Å²) in [5.41, 5.74) is 21.1. The lowest BCUT2D eigenvalue weighted by atomic mass is 10.5. The minimum Gasteiger partial charge on any atom is -0.467 e. The van der Waals surface area contributed by atoms with Gasteiger partial charge in [-0.3, -0.25) is 0 Å². The van der Waals surface area contributed by atoms with Crippen LogP contribution in [0.5, 0.6) is 12.0 Å². The van der Waals surface area contributed by atoms with Crippen molar-refractivity contribution in [1.29, 1.82) is 0 Å². The van der Waals surface area contributed by atoms with E-state index in [1.807, 2.05) is 13.8 Å². The van der Waals surface area contributed by atoms with E-state index in [4.69, 9.17) is 27.7 Å². The second kappa shape index (κ2) is 7.56. The van der Waals surface area contributed by atoms with Crippen molar-refractivity contribution < 1.29 is 9.47 Å². The van der Waals surface area contributed by atoms with Crippen molar-refractivity contribution in [3.63, 3.8) is 0 Å². The molecule has 2 rings (SSSR count). The van der Waals surface area contributed by atoms with E-state index in [9.17, 15) is 0 Å². The van der Waals surface area contributed by atoms with E-state index in [1.54, 1.807) is 0 Å². The van der Waals surface area contributed by atoms with E-state index in [2.05, 4.69) is 34.6 Å². The third-order valence-electron chi connectivity index (χ3n) is 1.82. The average molecular weight is 310 g/mol. The summed E-state index contributed by atoms with van der Waals surface area (Å²) in [6, 6.07) is 0.292. The summed E-state index contributed by atoms with van der Waals surface area (Å²) in [5, 5.41) is 0. The van der Waals surface area contributed by atoms with Gasteiger partial charge in [-0.25, -0.2) is 0 Å². The summed E-state index contributed by atoms with van der Waals surface area (Å²) >= 11 is 0. The van der Waals surface area contributed by atoms with Crippen LogP contribution >= 0.6 is 0 Å². The molecule has 0 bridgehead atoms. The Labute approximate surface area is 126 Å². The number of hydrogen-bond donors (Lipinski definition) is 4. The predicted molar refractivity (Wildman–Crippen MR) is 79.6 cm³/mol. The van der Waals surface area contributed by atoms with Gasteiger partial charge in [-0.05, 0) is 13.8 Å². The van der Waals surface area contributed by atoms with Crippen molar-refractivity contribution in [2.45, 2.75) is 20.0 Å². The summed E-state index contributed by atoms with van der Waals surface area (Å²) in [5.74, 6) is 0.255. The van der Waals surface area contributed by atoms with Crippen LogP contribution in [0.2, 0.25) is 0 Å². The van der Waals surface area contributed by atoms with Crippen molar-refractivity contribution in [2.75, 3.05) is 30.0 Å². The highest BCUT2D eigenvalue weighted by Crippen LogP contribution is 2.07. The first-order chi connectivity index (χ1) is 10.3. The molecule has 12 heteroatoms. The molecular formula is C10H18N10O2. The Hall–Kier alpha value is -3.18. The zero-order chi connectivity index (χ0) is 16.7. The zero-order valence-electron chi connectivity index (χ0n) is 12.4. The smallest absolute Gasteiger partial charge is 0.323 e. The number of nitrogens with two attached hydrogens (primary N) is 4. The maximum absolute atomic E-state index is 5.31. The maximum atomic E-state index is 5.31. The first-order valence-corrected chi connectivity index (χ1v) is 6.04. The fourth-order valence-corrected chi connectivity index (χ4v) is 1.13. The Balaban J connectivity index is 0.000000224. The van der Waals surface area contributed by atoms with E-state index in [-0.39, 0.29) is 41.9 Å². The molecule has 8 N–H and O–H groups in total. The zero-order valence-corrected chi connectivity index (χ0v) is 12.4. The third-order valence-corrected chi connectivity index (χ3v) is 1.82. The molecule has 12 nitrogen and oxygen atoms in total. The second-order valence-corrected chi connectivity index (χ2v) is 4.04. The molecule has 0 radical (unpaired) electrons. The minimum atomic E-state index is -0.00815. The number of anilines is 4. The average Bonchev–Trinajstić information content (AvgIpc) is 2.36. The van der Waals surface area contributed by atoms with E-state index in [0.29, 0.717) is 0 Å². The maximum Gasteiger partial charge on any atom is 0.323 e. The number of methoxy groups -OCH3 is 1. The Morgan fingerprint density at radius 2 is 1.05 bits per heavy atom. The van der Waals surface area contributed by atoms with Gasteiger partial charge in [0, 0.05) is 0 Å². The van der Waals surface area contributed by atoms with Gasteiger partial charge in [-0.2, -0.15) is 29.9 Å². The summed E-state index contributed by atoms with van der Waals surface area (Å²) in [4.78, 5) is 21.8. The highest BCUT2D eigenvalue weighted by molar-refractivity contribution is 5.28. The Bertz CT molecular complexity index is 580. The lowest BCUT2D eigenvalue weighted by molar-refractivity contribution is 0.222. The lowest BCUT2D eigenvalue weighted by Gasteiger charge is -2.07. The van der Waals surface area contributed by atoms with E-state index in [0.717, 1.165) is 0 Å². The molecule has 120 valence electrons. The third kappa shape index (κ3) is 5.85. The molecule has 0 aliphatic heterocycles. The predicted octanol–water partition coefficient (Wildman–Crippen LogP) is -1.13. The monoisotopic (exact) mass is 310 g/mol. The van der Waals surface area contributed by atoms with Gasteiger partial charge in [0.15, 0.2) is 0 Å². The SMILES string of the molecule is CC(C)Oc1nc(N)nc(N)n1.COc1nc(N)nc(N)n1. The molecule has 0 saturated heterocycles. The first-order valence-electron chi connectivity index (χ1n) is 6.04. The van der Waals surface area contributed by atoms with E-state index < -0.39 is 0 Å². The second-order valence-electron chi connectivity index (χ2n) is 4.04. The molecule has 0 unspecified atom stereocenters. The molecule has 0 spiro atoms. The van der Waals surface area contributed by atoms with Crippen molar-refractivity contribution in [2.24, 2.45) is 0 Å². The van der Waals surface area contributed by atoms with Crippen molar-refractivity contribution in [1.82, 2.24) is 29.9 Å². The van der Waals surface area contributed by atoms with Gasteiger partial charge in [0.2, 0.25) is 23.8 Å². The molecule has 0 fully saturated rings. The van der Waals surface area contributed by atoms with Gasteiger partial charge in [0.05, 0.1) is 13.2 Å². The van der Waals surface area contributed by atoms with Gasteiger partial charge in [-0.15, -0.1) is 0 Å². The van der Waals surface area contributed by atoms with Crippen molar-refractivity contribution in [3.8, 4) is 12.0 Å². The fourth-order valence-electron chi connectivity index (χ4n) is 1.13. The molecule has 0 aliphatic carbocycles. The highest BCUT2D eigenvalue weighted by Gasteiger charge is 2.03. The van der Waals surface area contributed by atoms with Gasteiger partial charge < -0.3 is 32.4 Å². The van der Waals surface area contributed by atoms with Crippen LogP contribution in [-0.4, -0.2) is 43.1 Å². The van der Waals surface area contributed by atoms with Crippen LogP contribution in [-0.2, 0) is 0 Å². The Kier molecular flexibility index (Phi) is 5.80. The highest BCUT2D eigenvalue weighted by atomic mass is 16.5. The lowest BCUT2D eigenvalue weighted by Crippen LogP contribution is -2.11. The van der Waals surface area contributed by atoms with Crippen LogP contribution in [0.3, 0.4) is 0 Å². The Morgan fingerprint density at radius 1 is 0.682 bits per heavy atom. The van der Waals surface area contributed by atoms with Gasteiger partial charge >= 0.3 is 12.0 Å². The van der Waals surface area contributed by atoms with Crippen LogP contribution in [0.1, 0.15) is 13.8 Å². The molecule has 0 saturated carbocycles. The van der Waals surface area contributed by atoms with Crippen LogP contribution < -0.4 is 32.4 Å². The fraction of sp³-hybridized carbons (Fsp3) is 0.400. The van der Waals surface area contributed by atoms with Crippen LogP contribution in [0.25, 0.3) is 0 Å². The number of rotatable bonds is 3. The van der Waals surface area contributed by atoms with Crippen LogP contribution in [0.15, 0.2) is 0 Å². The van der Waals surface area contributed by atoms with Crippen LogP contribution in [0.4, 0.5) is 23.8 Å². The molecular weight excluding hydrogens is 292 g/mol. The van der Waals surface area contributed by atoms with E-state index in [1.165, 1.54) is 7.11 Å². The summed E-state index contributed by atoms with van der Waals surface area (Å²) < 4.78 is 9.81. The number of hydrogen-bond acceptors (Lipinski definition) is 12. The molecule has 0 atom stereocenters. The van der Waals surface area contributed by atoms with Crippen molar-refractivity contribution in [3.05, 3.63) is 0 Å². The van der Waals surface area contributed by atoms with Gasteiger partial charge in [0.1, 0.15) is 0 Å². The van der Waals surface area contributed by atoms with Gasteiger partial charge in [0.25, 0.3) is 0 Å². The summed E-state index contributed by atoms with van der Waals surface area (Å²) in [6.45, 7) is 3.71. The topological polar surface area (TPSA) is 200 Å². The van der Waals surface area contributed by atoms with Crippen molar-refractivity contribution >= 4 is 23.8 Å². The normalized spacial score (nSPS) is 9.82. The molecule has 2 aromatic rings. The number of nitrogen functional groups attached to an aromatic ring is 4. The summed E-state index contributed by atoms with van der Waals surface area (Å²) in [6.07, 6.45) is -0.00815. The minimum absolute atomic E-state index is 0.00815. The molecule has 0 amide bonds. The number of aromatic nitrogens is 6. The van der Waals surface area contributed by atoms with Gasteiger partial charge in [-0.1, -0.05) is 0 Å². The number of ether oxygens (including phenoxy) is 2. The standard InChI is InChI=1S/C6H11N5O.C4H7N5O/c1-3(2)12-6-10-4(7)9-5(8)11-6;1-10-4-8-2(5)7-3(6)9-4/h3H,1-2H3,(H4,7,8,9,10,11);1H3,(H4,5,6,7,8,9). The molecule has 2 heterocycles. The Morgan fingerprint density at radius 3 is 1.36 bits per heavy atom. The quantitative estimate of drug-likeness (QED) is 0.532. The molecule has 2 aromatic heterocycles. The van der Waals surface area contributed by atoms with Crippen LogP contribution in [0, 0.1) is 0 Å². The molecule has 22 heavy (non-hydrogen) atoms. The molecule has 0 aromatic carbocycles. The summed E-state index contributed by atoms with van der Waals surface area (Å²) in [7, 11) is 1.42. The van der Waals surface area contributed by atoms with E-state index >= 15 is 0 Å². The number of nitrogens with zero attached hydrogens (tertiary/aromatic N) is 6.